The van der Waals surface area contributed by atoms with Gasteiger partial charge >= 0.3 is 0 Å². The second-order valence-corrected chi connectivity index (χ2v) is 3.97. The van der Waals surface area contributed by atoms with Gasteiger partial charge in [-0.25, -0.2) is 8.78 Å². The summed E-state index contributed by atoms with van der Waals surface area (Å²) in [7, 11) is 0. The third-order valence-electron chi connectivity index (χ3n) is 2.61. The predicted molar refractivity (Wildman–Crippen MR) is 68.6 cm³/mol. The van der Waals surface area contributed by atoms with Crippen LogP contribution in [0.2, 0.25) is 0 Å². The van der Waals surface area contributed by atoms with Gasteiger partial charge < -0.3 is 11.1 Å². The van der Waals surface area contributed by atoms with E-state index in [1.54, 1.807) is 0 Å². The first kappa shape index (κ1) is 13.2. The van der Waals surface area contributed by atoms with Crippen LogP contribution in [0.1, 0.15) is 15.9 Å². The maximum absolute atomic E-state index is 13.2. The molecule has 3 N–H and O–H groups in total. The molecule has 0 saturated carbocycles. The first-order valence-corrected chi connectivity index (χ1v) is 5.65. The number of carbonyl (C=O) groups is 1. The second-order valence-electron chi connectivity index (χ2n) is 3.97. The summed E-state index contributed by atoms with van der Waals surface area (Å²) in [6.45, 7) is 0.0372. The van der Waals surface area contributed by atoms with Crippen LogP contribution in [0.15, 0.2) is 42.5 Å². The van der Waals surface area contributed by atoms with Gasteiger partial charge in [0.15, 0.2) is 0 Å². The number of amides is 1. The van der Waals surface area contributed by atoms with Crippen molar-refractivity contribution in [2.75, 3.05) is 5.32 Å². The van der Waals surface area contributed by atoms with E-state index in [1.165, 1.54) is 36.4 Å². The van der Waals surface area contributed by atoms with Crippen LogP contribution in [-0.2, 0) is 6.54 Å². The van der Waals surface area contributed by atoms with Crippen LogP contribution >= 0.6 is 0 Å². The first-order chi connectivity index (χ1) is 9.10. The van der Waals surface area contributed by atoms with E-state index in [0.717, 1.165) is 6.07 Å². The zero-order valence-electron chi connectivity index (χ0n) is 9.99. The molecule has 0 aliphatic heterocycles. The van der Waals surface area contributed by atoms with Gasteiger partial charge in [-0.05, 0) is 36.4 Å². The highest BCUT2D eigenvalue weighted by atomic mass is 19.1. The molecular weight excluding hydrogens is 250 g/mol. The summed E-state index contributed by atoms with van der Waals surface area (Å²) in [5, 5.41) is 2.56. The van der Waals surface area contributed by atoms with Crippen molar-refractivity contribution >= 4 is 11.6 Å². The number of nitrogens with one attached hydrogen (secondary N) is 1. The second kappa shape index (κ2) is 5.58. The molecular formula is C14H12F2N2O. The topological polar surface area (TPSA) is 55.1 Å². The van der Waals surface area contributed by atoms with E-state index in [-0.39, 0.29) is 12.1 Å². The summed E-state index contributed by atoms with van der Waals surface area (Å²) in [5.41, 5.74) is 6.29. The Morgan fingerprint density at radius 3 is 2.63 bits per heavy atom. The van der Waals surface area contributed by atoms with E-state index < -0.39 is 17.5 Å². The third-order valence-corrected chi connectivity index (χ3v) is 2.61. The van der Waals surface area contributed by atoms with Crippen molar-refractivity contribution in [1.82, 2.24) is 0 Å². The molecule has 98 valence electrons. The van der Waals surface area contributed by atoms with Gasteiger partial charge in [0.05, 0.1) is 0 Å². The smallest absolute Gasteiger partial charge is 0.255 e. The highest BCUT2D eigenvalue weighted by Crippen LogP contribution is 2.15. The standard InChI is InChI=1S/C14H12F2N2O/c15-11-3-1-2-9(6-11)14(19)18-12-4-5-13(16)10(7-12)8-17/h1-7H,8,17H2,(H,18,19). The highest BCUT2D eigenvalue weighted by molar-refractivity contribution is 6.04. The third kappa shape index (κ3) is 3.14. The zero-order valence-corrected chi connectivity index (χ0v) is 9.99. The lowest BCUT2D eigenvalue weighted by molar-refractivity contribution is 0.102. The van der Waals surface area contributed by atoms with Crippen LogP contribution in [0.25, 0.3) is 0 Å². The number of halogens is 2. The minimum absolute atomic E-state index is 0.0372. The molecule has 3 nitrogen and oxygen atoms in total. The van der Waals surface area contributed by atoms with Crippen LogP contribution in [0, 0.1) is 11.6 Å². The Hall–Kier alpha value is -2.27. The quantitative estimate of drug-likeness (QED) is 0.893. The van der Waals surface area contributed by atoms with E-state index in [0.29, 0.717) is 11.3 Å². The Bertz CT molecular complexity index is 614. The molecule has 0 radical (unpaired) electrons. The minimum Gasteiger partial charge on any atom is -0.326 e. The summed E-state index contributed by atoms with van der Waals surface area (Å²) in [5.74, 6) is -1.38. The van der Waals surface area contributed by atoms with Crippen LogP contribution in [0.4, 0.5) is 14.5 Å². The molecule has 5 heteroatoms. The van der Waals surface area contributed by atoms with Gasteiger partial charge in [-0.15, -0.1) is 0 Å². The van der Waals surface area contributed by atoms with Crippen molar-refractivity contribution in [2.24, 2.45) is 5.73 Å². The monoisotopic (exact) mass is 262 g/mol. The van der Waals surface area contributed by atoms with Crippen molar-refractivity contribution in [3.8, 4) is 0 Å². The van der Waals surface area contributed by atoms with Crippen LogP contribution < -0.4 is 11.1 Å². The number of hydrogen-bond acceptors (Lipinski definition) is 2. The minimum atomic E-state index is -0.491. The molecule has 0 aliphatic carbocycles. The van der Waals surface area contributed by atoms with Crippen LogP contribution in [-0.4, -0.2) is 5.91 Å². The average molecular weight is 262 g/mol. The summed E-state index contributed by atoms with van der Waals surface area (Å²) < 4.78 is 26.2. The van der Waals surface area contributed by atoms with Gasteiger partial charge in [-0.1, -0.05) is 6.07 Å². The molecule has 0 spiro atoms. The van der Waals surface area contributed by atoms with Gasteiger partial charge in [0.1, 0.15) is 11.6 Å². The lowest BCUT2D eigenvalue weighted by Crippen LogP contribution is -2.12. The number of anilines is 1. The molecule has 19 heavy (non-hydrogen) atoms. The summed E-state index contributed by atoms with van der Waals surface area (Å²) in [6, 6.07) is 9.41. The molecule has 0 aliphatic rings. The van der Waals surface area contributed by atoms with Crippen molar-refractivity contribution in [3.05, 3.63) is 65.2 Å². The summed E-state index contributed by atoms with van der Waals surface area (Å²) in [4.78, 5) is 11.8. The van der Waals surface area contributed by atoms with E-state index >= 15 is 0 Å². The molecule has 0 aromatic heterocycles. The number of nitrogens with two attached hydrogens (primary N) is 1. The molecule has 0 saturated heterocycles. The Balaban J connectivity index is 2.19. The molecule has 0 bridgehead atoms. The van der Waals surface area contributed by atoms with Crippen LogP contribution in [0.5, 0.6) is 0 Å². The van der Waals surface area contributed by atoms with E-state index in [1.807, 2.05) is 0 Å². The molecule has 2 aromatic carbocycles. The predicted octanol–water partition coefficient (Wildman–Crippen LogP) is 2.68. The average Bonchev–Trinajstić information content (AvgIpc) is 2.41. The number of carbonyl (C=O) groups excluding carboxylic acids is 1. The normalized spacial score (nSPS) is 10.3. The Labute approximate surface area is 109 Å². The van der Waals surface area contributed by atoms with E-state index in [4.69, 9.17) is 5.73 Å². The van der Waals surface area contributed by atoms with Crippen molar-refractivity contribution in [1.29, 1.82) is 0 Å². The molecule has 2 rings (SSSR count). The largest absolute Gasteiger partial charge is 0.326 e. The van der Waals surface area contributed by atoms with Crippen molar-refractivity contribution in [2.45, 2.75) is 6.54 Å². The molecule has 1 amide bonds. The highest BCUT2D eigenvalue weighted by Gasteiger charge is 2.08. The SMILES string of the molecule is NCc1cc(NC(=O)c2cccc(F)c2)ccc1F. The van der Waals surface area contributed by atoms with Gasteiger partial charge in [0.2, 0.25) is 0 Å². The van der Waals surface area contributed by atoms with E-state index in [9.17, 15) is 13.6 Å². The lowest BCUT2D eigenvalue weighted by atomic mass is 10.1. The number of benzene rings is 2. The summed E-state index contributed by atoms with van der Waals surface area (Å²) in [6.07, 6.45) is 0. The Morgan fingerprint density at radius 1 is 1.16 bits per heavy atom. The number of rotatable bonds is 3. The molecule has 0 fully saturated rings. The Morgan fingerprint density at radius 2 is 1.95 bits per heavy atom. The molecule has 0 atom stereocenters. The van der Waals surface area contributed by atoms with E-state index in [2.05, 4.69) is 5.32 Å². The molecule has 0 unspecified atom stereocenters. The maximum atomic E-state index is 13.2. The fraction of sp³-hybridized carbons (Fsp3) is 0.0714. The first-order valence-electron chi connectivity index (χ1n) is 5.65. The fourth-order valence-electron chi connectivity index (χ4n) is 1.64. The summed E-state index contributed by atoms with van der Waals surface area (Å²) >= 11 is 0. The van der Waals surface area contributed by atoms with Gasteiger partial charge in [-0.2, -0.15) is 0 Å². The maximum Gasteiger partial charge on any atom is 0.255 e. The Kier molecular flexibility index (Phi) is 3.87. The van der Waals surface area contributed by atoms with Gasteiger partial charge in [0, 0.05) is 23.4 Å². The van der Waals surface area contributed by atoms with Crippen LogP contribution in [0.3, 0.4) is 0 Å². The molecule has 0 heterocycles. The lowest BCUT2D eigenvalue weighted by Gasteiger charge is -2.07. The van der Waals surface area contributed by atoms with Gasteiger partial charge in [-0.3, -0.25) is 4.79 Å². The van der Waals surface area contributed by atoms with Gasteiger partial charge in [0.25, 0.3) is 5.91 Å². The number of hydrogen-bond donors (Lipinski definition) is 2. The van der Waals surface area contributed by atoms with Crippen molar-refractivity contribution in [3.63, 3.8) is 0 Å². The zero-order chi connectivity index (χ0) is 13.8. The molecule has 2 aromatic rings. The fourth-order valence-corrected chi connectivity index (χ4v) is 1.64. The van der Waals surface area contributed by atoms with Crippen molar-refractivity contribution < 1.29 is 13.6 Å².